The number of hydrogen-bond donors (Lipinski definition) is 1. The first-order valence-corrected chi connectivity index (χ1v) is 7.53. The van der Waals surface area contributed by atoms with Crippen molar-refractivity contribution in [3.63, 3.8) is 0 Å². The van der Waals surface area contributed by atoms with E-state index in [4.69, 9.17) is 16.0 Å². The average Bonchev–Trinajstić information content (AvgIpc) is 2.84. The molecule has 1 aromatic heterocycles. The van der Waals surface area contributed by atoms with E-state index in [1.807, 2.05) is 29.8 Å². The highest BCUT2D eigenvalue weighted by Crippen LogP contribution is 2.35. The van der Waals surface area contributed by atoms with E-state index in [9.17, 15) is 0 Å². The highest BCUT2D eigenvalue weighted by molar-refractivity contribution is 5.72. The number of nitrogen functional groups attached to an aromatic ring is 1. The highest BCUT2D eigenvalue weighted by Gasteiger charge is 2.23. The van der Waals surface area contributed by atoms with E-state index in [1.165, 1.54) is 32.1 Å². The van der Waals surface area contributed by atoms with Gasteiger partial charge in [0, 0.05) is 18.5 Å². The molecule has 0 bridgehead atoms. The van der Waals surface area contributed by atoms with E-state index in [2.05, 4.69) is 6.07 Å². The lowest BCUT2D eigenvalue weighted by molar-refractivity contribution is 0.422. The minimum Gasteiger partial charge on any atom is -0.383 e. The van der Waals surface area contributed by atoms with Crippen LogP contribution in [0.4, 0.5) is 5.82 Å². The molecule has 1 saturated carbocycles. The second kappa shape index (κ2) is 5.61. The predicted octanol–water partition coefficient (Wildman–Crippen LogP) is 3.59. The number of imidazole rings is 1. The molecule has 1 heterocycles. The third kappa shape index (κ3) is 2.52. The van der Waals surface area contributed by atoms with Gasteiger partial charge < -0.3 is 10.3 Å². The maximum Gasteiger partial charge on any atom is 0.131 e. The summed E-state index contributed by atoms with van der Waals surface area (Å²) in [6.45, 7) is 0. The van der Waals surface area contributed by atoms with Gasteiger partial charge in [-0.3, -0.25) is 0 Å². The van der Waals surface area contributed by atoms with Crippen LogP contribution in [0.25, 0.3) is 11.3 Å². The molecular formula is C17H20N4. The first-order valence-electron chi connectivity index (χ1n) is 7.53. The predicted molar refractivity (Wildman–Crippen MR) is 83.6 cm³/mol. The summed E-state index contributed by atoms with van der Waals surface area (Å²) >= 11 is 0. The summed E-state index contributed by atoms with van der Waals surface area (Å²) in [4.78, 5) is 4.81. The number of aromatic nitrogens is 2. The van der Waals surface area contributed by atoms with Gasteiger partial charge in [0.15, 0.2) is 0 Å². The lowest BCUT2D eigenvalue weighted by Crippen LogP contribution is -2.11. The summed E-state index contributed by atoms with van der Waals surface area (Å²) in [5.74, 6) is 2.29. The van der Waals surface area contributed by atoms with Crippen molar-refractivity contribution in [1.82, 2.24) is 9.55 Å². The largest absolute Gasteiger partial charge is 0.383 e. The van der Waals surface area contributed by atoms with E-state index in [1.54, 1.807) is 6.07 Å². The zero-order valence-corrected chi connectivity index (χ0v) is 12.3. The van der Waals surface area contributed by atoms with Crippen LogP contribution in [0.15, 0.2) is 24.3 Å². The molecule has 0 spiro atoms. The van der Waals surface area contributed by atoms with Crippen LogP contribution in [-0.4, -0.2) is 9.55 Å². The van der Waals surface area contributed by atoms with Crippen molar-refractivity contribution in [2.24, 2.45) is 7.05 Å². The number of benzene rings is 1. The number of nitriles is 1. The lowest BCUT2D eigenvalue weighted by atomic mass is 9.89. The molecule has 1 fully saturated rings. The summed E-state index contributed by atoms with van der Waals surface area (Å²) in [5, 5.41) is 9.04. The zero-order chi connectivity index (χ0) is 14.8. The molecule has 4 heteroatoms. The Bertz CT molecular complexity index is 687. The van der Waals surface area contributed by atoms with Crippen LogP contribution in [0.1, 0.15) is 49.4 Å². The number of nitrogens with zero attached hydrogens (tertiary/aromatic N) is 3. The molecule has 2 aromatic rings. The fourth-order valence-corrected chi connectivity index (χ4v) is 3.20. The van der Waals surface area contributed by atoms with Crippen molar-refractivity contribution < 1.29 is 0 Å². The van der Waals surface area contributed by atoms with Crippen molar-refractivity contribution in [1.29, 1.82) is 5.26 Å². The van der Waals surface area contributed by atoms with Gasteiger partial charge in [-0.2, -0.15) is 5.26 Å². The third-order valence-electron chi connectivity index (χ3n) is 4.41. The quantitative estimate of drug-likeness (QED) is 0.914. The SMILES string of the molecule is Cn1c(C2CCCCC2)nc(-c2cccc(C#N)c2)c1N. The molecular weight excluding hydrogens is 260 g/mol. The van der Waals surface area contributed by atoms with Crippen LogP contribution < -0.4 is 5.73 Å². The van der Waals surface area contributed by atoms with Gasteiger partial charge in [-0.15, -0.1) is 0 Å². The molecule has 0 radical (unpaired) electrons. The fraction of sp³-hybridized carbons (Fsp3) is 0.412. The summed E-state index contributed by atoms with van der Waals surface area (Å²) in [6.07, 6.45) is 6.27. The normalized spacial score (nSPS) is 15.8. The molecule has 0 atom stereocenters. The fourth-order valence-electron chi connectivity index (χ4n) is 3.20. The van der Waals surface area contributed by atoms with Gasteiger partial charge in [-0.25, -0.2) is 4.98 Å². The minimum atomic E-state index is 0.513. The van der Waals surface area contributed by atoms with Crippen LogP contribution in [0.2, 0.25) is 0 Å². The Morgan fingerprint density at radius 1 is 1.29 bits per heavy atom. The molecule has 108 valence electrons. The average molecular weight is 280 g/mol. The second-order valence-corrected chi connectivity index (χ2v) is 5.79. The summed E-state index contributed by atoms with van der Waals surface area (Å²) < 4.78 is 2.02. The maximum atomic E-state index is 9.04. The Labute approximate surface area is 125 Å². The highest BCUT2D eigenvalue weighted by atomic mass is 15.1. The molecule has 2 N–H and O–H groups in total. The van der Waals surface area contributed by atoms with Crippen LogP contribution in [0.5, 0.6) is 0 Å². The molecule has 0 aliphatic heterocycles. The Morgan fingerprint density at radius 3 is 2.76 bits per heavy atom. The van der Waals surface area contributed by atoms with Crippen molar-refractivity contribution in [2.75, 3.05) is 5.73 Å². The standard InChI is InChI=1S/C17H20N4/c1-21-16(19)15(14-9-5-6-12(10-14)11-18)20-17(21)13-7-3-2-4-8-13/h5-6,9-10,13H,2-4,7-8,19H2,1H3. The Hall–Kier alpha value is -2.28. The molecule has 21 heavy (non-hydrogen) atoms. The smallest absolute Gasteiger partial charge is 0.131 e. The lowest BCUT2D eigenvalue weighted by Gasteiger charge is -2.21. The van der Waals surface area contributed by atoms with Crippen LogP contribution in [0, 0.1) is 11.3 Å². The van der Waals surface area contributed by atoms with E-state index in [0.717, 1.165) is 17.1 Å². The van der Waals surface area contributed by atoms with Gasteiger partial charge in [-0.1, -0.05) is 31.4 Å². The van der Waals surface area contributed by atoms with E-state index < -0.39 is 0 Å². The van der Waals surface area contributed by atoms with Crippen molar-refractivity contribution in [3.05, 3.63) is 35.7 Å². The Balaban J connectivity index is 2.01. The van der Waals surface area contributed by atoms with E-state index in [0.29, 0.717) is 17.3 Å². The number of hydrogen-bond acceptors (Lipinski definition) is 3. The molecule has 0 saturated heterocycles. The molecule has 1 aromatic carbocycles. The monoisotopic (exact) mass is 280 g/mol. The van der Waals surface area contributed by atoms with Crippen LogP contribution in [-0.2, 0) is 7.05 Å². The first kappa shape index (κ1) is 13.7. The first-order chi connectivity index (χ1) is 10.2. The number of rotatable bonds is 2. The zero-order valence-electron chi connectivity index (χ0n) is 12.3. The van der Waals surface area contributed by atoms with Gasteiger partial charge in [0.1, 0.15) is 17.3 Å². The molecule has 1 aliphatic rings. The van der Waals surface area contributed by atoms with Crippen LogP contribution in [0.3, 0.4) is 0 Å². The van der Waals surface area contributed by atoms with Gasteiger partial charge in [0.2, 0.25) is 0 Å². The Kier molecular flexibility index (Phi) is 3.66. The van der Waals surface area contributed by atoms with Gasteiger partial charge in [-0.05, 0) is 25.0 Å². The van der Waals surface area contributed by atoms with Gasteiger partial charge in [0.25, 0.3) is 0 Å². The van der Waals surface area contributed by atoms with Gasteiger partial charge >= 0.3 is 0 Å². The van der Waals surface area contributed by atoms with Crippen LogP contribution >= 0.6 is 0 Å². The minimum absolute atomic E-state index is 0.513. The van der Waals surface area contributed by atoms with Crippen molar-refractivity contribution >= 4 is 5.82 Å². The molecule has 4 nitrogen and oxygen atoms in total. The van der Waals surface area contributed by atoms with Gasteiger partial charge in [0.05, 0.1) is 11.6 Å². The number of anilines is 1. The molecule has 0 unspecified atom stereocenters. The maximum absolute atomic E-state index is 9.04. The second-order valence-electron chi connectivity index (χ2n) is 5.79. The van der Waals surface area contributed by atoms with Crippen molar-refractivity contribution in [3.8, 4) is 17.3 Å². The summed E-state index contributed by atoms with van der Waals surface area (Å²) in [6, 6.07) is 9.65. The number of nitrogens with two attached hydrogens (primary N) is 1. The summed E-state index contributed by atoms with van der Waals surface area (Å²) in [7, 11) is 1.99. The van der Waals surface area contributed by atoms with E-state index in [-0.39, 0.29) is 0 Å². The third-order valence-corrected chi connectivity index (χ3v) is 4.41. The molecule has 0 amide bonds. The van der Waals surface area contributed by atoms with Crippen molar-refractivity contribution in [2.45, 2.75) is 38.0 Å². The molecule has 3 rings (SSSR count). The molecule has 1 aliphatic carbocycles. The Morgan fingerprint density at radius 2 is 2.05 bits per heavy atom. The van der Waals surface area contributed by atoms with E-state index >= 15 is 0 Å². The summed E-state index contributed by atoms with van der Waals surface area (Å²) in [5.41, 5.74) is 8.61. The topological polar surface area (TPSA) is 67.6 Å².